The second-order valence-electron chi connectivity index (χ2n) is 3.36. The summed E-state index contributed by atoms with van der Waals surface area (Å²) in [7, 11) is 0. The zero-order chi connectivity index (χ0) is 10.4. The Bertz CT molecular complexity index is 655. The SMILES string of the molecule is Brc1ccc2oc3c(Br)cccc3c2c1. The molecule has 2 aromatic carbocycles. The van der Waals surface area contributed by atoms with Crippen LogP contribution < -0.4 is 0 Å². The van der Waals surface area contributed by atoms with E-state index in [1.807, 2.05) is 24.3 Å². The van der Waals surface area contributed by atoms with E-state index in [0.29, 0.717) is 0 Å². The molecule has 0 saturated heterocycles. The third-order valence-corrected chi connectivity index (χ3v) is 3.53. The van der Waals surface area contributed by atoms with Crippen molar-refractivity contribution < 1.29 is 4.42 Å². The van der Waals surface area contributed by atoms with Crippen LogP contribution in [-0.4, -0.2) is 0 Å². The van der Waals surface area contributed by atoms with Gasteiger partial charge in [-0.05, 0) is 40.2 Å². The van der Waals surface area contributed by atoms with Gasteiger partial charge in [0.05, 0.1) is 4.47 Å². The molecular weight excluding hydrogens is 320 g/mol. The molecule has 0 aliphatic heterocycles. The molecule has 0 unspecified atom stereocenters. The number of fused-ring (bicyclic) bond motifs is 3. The topological polar surface area (TPSA) is 13.1 Å². The molecule has 3 heteroatoms. The minimum absolute atomic E-state index is 0.908. The monoisotopic (exact) mass is 324 g/mol. The van der Waals surface area contributed by atoms with E-state index in [9.17, 15) is 0 Å². The molecule has 0 radical (unpaired) electrons. The Morgan fingerprint density at radius 3 is 2.67 bits per heavy atom. The quantitative estimate of drug-likeness (QED) is 0.559. The Hall–Kier alpha value is -0.800. The van der Waals surface area contributed by atoms with Crippen molar-refractivity contribution in [3.05, 3.63) is 45.3 Å². The summed E-state index contributed by atoms with van der Waals surface area (Å²) in [6.07, 6.45) is 0. The van der Waals surface area contributed by atoms with Crippen LogP contribution in [0.3, 0.4) is 0 Å². The summed E-state index contributed by atoms with van der Waals surface area (Å²) in [5, 5.41) is 2.28. The van der Waals surface area contributed by atoms with Gasteiger partial charge in [-0.15, -0.1) is 0 Å². The van der Waals surface area contributed by atoms with Crippen molar-refractivity contribution in [3.63, 3.8) is 0 Å². The Morgan fingerprint density at radius 2 is 1.80 bits per heavy atom. The van der Waals surface area contributed by atoms with Crippen LogP contribution in [0.4, 0.5) is 0 Å². The number of para-hydroxylation sites is 1. The van der Waals surface area contributed by atoms with Gasteiger partial charge in [-0.25, -0.2) is 0 Å². The second kappa shape index (κ2) is 3.35. The second-order valence-corrected chi connectivity index (χ2v) is 5.13. The average molecular weight is 326 g/mol. The van der Waals surface area contributed by atoms with Crippen molar-refractivity contribution in [1.29, 1.82) is 0 Å². The molecule has 0 N–H and O–H groups in total. The molecule has 15 heavy (non-hydrogen) atoms. The fourth-order valence-corrected chi connectivity index (χ4v) is 2.54. The minimum atomic E-state index is 0.908. The first-order chi connectivity index (χ1) is 7.25. The van der Waals surface area contributed by atoms with Crippen LogP contribution in [0.25, 0.3) is 21.9 Å². The van der Waals surface area contributed by atoms with Gasteiger partial charge in [-0.3, -0.25) is 0 Å². The van der Waals surface area contributed by atoms with Crippen LogP contribution in [0, 0.1) is 0 Å². The fraction of sp³-hybridized carbons (Fsp3) is 0. The molecule has 0 saturated carbocycles. The lowest BCUT2D eigenvalue weighted by Gasteiger charge is -1.91. The van der Waals surface area contributed by atoms with Crippen LogP contribution in [0.5, 0.6) is 0 Å². The molecule has 3 aromatic rings. The maximum atomic E-state index is 5.77. The van der Waals surface area contributed by atoms with Crippen molar-refractivity contribution in [3.8, 4) is 0 Å². The Kier molecular flexibility index (Phi) is 2.11. The number of benzene rings is 2. The zero-order valence-electron chi connectivity index (χ0n) is 7.63. The lowest BCUT2D eigenvalue weighted by atomic mass is 10.2. The Morgan fingerprint density at radius 1 is 0.933 bits per heavy atom. The number of hydrogen-bond donors (Lipinski definition) is 0. The molecule has 0 bridgehead atoms. The number of hydrogen-bond acceptors (Lipinski definition) is 1. The van der Waals surface area contributed by atoms with E-state index < -0.39 is 0 Å². The van der Waals surface area contributed by atoms with Crippen LogP contribution in [0.15, 0.2) is 49.8 Å². The van der Waals surface area contributed by atoms with E-state index in [1.165, 1.54) is 0 Å². The first-order valence-electron chi connectivity index (χ1n) is 4.52. The third-order valence-electron chi connectivity index (χ3n) is 2.41. The van der Waals surface area contributed by atoms with Crippen molar-refractivity contribution in [2.45, 2.75) is 0 Å². The standard InChI is InChI=1S/C12H6Br2O/c13-7-4-5-11-9(6-7)8-2-1-3-10(14)12(8)15-11/h1-6H. The summed E-state index contributed by atoms with van der Waals surface area (Å²) >= 11 is 6.96. The molecule has 1 aromatic heterocycles. The number of furan rings is 1. The molecular formula is C12H6Br2O. The van der Waals surface area contributed by atoms with Gasteiger partial charge in [0, 0.05) is 15.2 Å². The number of rotatable bonds is 0. The van der Waals surface area contributed by atoms with Gasteiger partial charge in [-0.2, -0.15) is 0 Å². The maximum absolute atomic E-state index is 5.77. The maximum Gasteiger partial charge on any atom is 0.149 e. The largest absolute Gasteiger partial charge is 0.455 e. The highest BCUT2D eigenvalue weighted by Crippen LogP contribution is 2.34. The van der Waals surface area contributed by atoms with Gasteiger partial charge >= 0.3 is 0 Å². The first-order valence-corrected chi connectivity index (χ1v) is 6.10. The molecule has 0 fully saturated rings. The van der Waals surface area contributed by atoms with Crippen LogP contribution in [-0.2, 0) is 0 Å². The summed E-state index contributed by atoms with van der Waals surface area (Å²) in [5.41, 5.74) is 1.82. The molecule has 0 atom stereocenters. The molecule has 3 rings (SSSR count). The van der Waals surface area contributed by atoms with Gasteiger partial charge in [0.1, 0.15) is 11.2 Å². The molecule has 0 spiro atoms. The molecule has 1 heterocycles. The molecule has 74 valence electrons. The van der Waals surface area contributed by atoms with Gasteiger partial charge < -0.3 is 4.42 Å². The summed E-state index contributed by atoms with van der Waals surface area (Å²) in [6, 6.07) is 12.1. The van der Waals surface area contributed by atoms with Crippen LogP contribution in [0.2, 0.25) is 0 Å². The highest BCUT2D eigenvalue weighted by atomic mass is 79.9. The van der Waals surface area contributed by atoms with E-state index in [4.69, 9.17) is 4.42 Å². The molecule has 0 aliphatic rings. The van der Waals surface area contributed by atoms with Crippen molar-refractivity contribution in [2.24, 2.45) is 0 Å². The van der Waals surface area contributed by atoms with Crippen LogP contribution >= 0.6 is 31.9 Å². The highest BCUT2D eigenvalue weighted by Gasteiger charge is 2.08. The summed E-state index contributed by atoms with van der Waals surface area (Å²) in [6.45, 7) is 0. The smallest absolute Gasteiger partial charge is 0.149 e. The van der Waals surface area contributed by atoms with Gasteiger partial charge in [0.15, 0.2) is 0 Å². The third kappa shape index (κ3) is 1.42. The summed E-state index contributed by atoms with van der Waals surface area (Å²) in [4.78, 5) is 0. The van der Waals surface area contributed by atoms with E-state index in [2.05, 4.69) is 44.0 Å². The van der Waals surface area contributed by atoms with E-state index in [-0.39, 0.29) is 0 Å². The van der Waals surface area contributed by atoms with E-state index >= 15 is 0 Å². The van der Waals surface area contributed by atoms with Crippen molar-refractivity contribution in [2.75, 3.05) is 0 Å². The molecule has 0 aliphatic carbocycles. The average Bonchev–Trinajstić information content (AvgIpc) is 2.58. The summed E-state index contributed by atoms with van der Waals surface area (Å²) < 4.78 is 7.83. The predicted octanol–water partition coefficient (Wildman–Crippen LogP) is 5.11. The molecule has 1 nitrogen and oxygen atoms in total. The van der Waals surface area contributed by atoms with Crippen molar-refractivity contribution >= 4 is 53.8 Å². The highest BCUT2D eigenvalue weighted by molar-refractivity contribution is 9.11. The number of halogens is 2. The van der Waals surface area contributed by atoms with Gasteiger partial charge in [-0.1, -0.05) is 28.1 Å². The lowest BCUT2D eigenvalue weighted by molar-refractivity contribution is 0.667. The van der Waals surface area contributed by atoms with Gasteiger partial charge in [0.2, 0.25) is 0 Å². The first kappa shape index (κ1) is 9.43. The minimum Gasteiger partial charge on any atom is -0.455 e. The lowest BCUT2D eigenvalue weighted by Crippen LogP contribution is -1.67. The molecule has 0 amide bonds. The van der Waals surface area contributed by atoms with Crippen molar-refractivity contribution in [1.82, 2.24) is 0 Å². The van der Waals surface area contributed by atoms with Gasteiger partial charge in [0.25, 0.3) is 0 Å². The van der Waals surface area contributed by atoms with E-state index in [1.54, 1.807) is 0 Å². The predicted molar refractivity (Wildman–Crippen MR) is 69.1 cm³/mol. The Balaban J connectivity index is 2.58. The summed E-state index contributed by atoms with van der Waals surface area (Å²) in [5.74, 6) is 0. The van der Waals surface area contributed by atoms with Crippen LogP contribution in [0.1, 0.15) is 0 Å². The van der Waals surface area contributed by atoms with E-state index in [0.717, 1.165) is 30.9 Å². The Labute approximate surface area is 103 Å². The zero-order valence-corrected chi connectivity index (χ0v) is 10.8. The fourth-order valence-electron chi connectivity index (χ4n) is 1.74. The normalized spacial score (nSPS) is 11.3.